The molecule has 1 atom stereocenters. The third kappa shape index (κ3) is 3.31. The first-order valence-corrected chi connectivity index (χ1v) is 9.29. The van der Waals surface area contributed by atoms with Crippen molar-refractivity contribution < 1.29 is 24.2 Å². The smallest absolute Gasteiger partial charge is 0.305 e. The minimum Gasteiger partial charge on any atom is -0.497 e. The first-order valence-electron chi connectivity index (χ1n) is 7.78. The molecule has 2 amide bonds. The number of halogens is 4. The molecule has 1 heterocycles. The summed E-state index contributed by atoms with van der Waals surface area (Å²) in [6.07, 6.45) is -0.519. The van der Waals surface area contributed by atoms with Gasteiger partial charge in [-0.2, -0.15) is 0 Å². The van der Waals surface area contributed by atoms with Crippen LogP contribution in [0, 0.1) is 0 Å². The van der Waals surface area contributed by atoms with E-state index in [1.807, 2.05) is 0 Å². The lowest BCUT2D eigenvalue weighted by Crippen LogP contribution is -2.35. The van der Waals surface area contributed by atoms with Gasteiger partial charge in [0.25, 0.3) is 11.8 Å². The molecule has 2 aromatic rings. The number of hydrogen-bond donors (Lipinski definition) is 1. The molecule has 1 unspecified atom stereocenters. The van der Waals surface area contributed by atoms with Gasteiger partial charge in [0.1, 0.15) is 5.75 Å². The summed E-state index contributed by atoms with van der Waals surface area (Å²) in [5.74, 6) is -2.27. The van der Waals surface area contributed by atoms with Gasteiger partial charge in [-0.1, -0.05) is 58.5 Å². The van der Waals surface area contributed by atoms with Crippen molar-refractivity contribution in [3.63, 3.8) is 0 Å². The molecule has 10 heteroatoms. The quantitative estimate of drug-likeness (QED) is 0.378. The molecular formula is C18H11Cl4NO5. The van der Waals surface area contributed by atoms with E-state index in [4.69, 9.17) is 51.1 Å². The highest BCUT2D eigenvalue weighted by atomic mass is 35.5. The van der Waals surface area contributed by atoms with Gasteiger partial charge in [-0.3, -0.25) is 19.3 Å². The van der Waals surface area contributed by atoms with Crippen LogP contribution in [0.4, 0.5) is 0 Å². The fourth-order valence-corrected chi connectivity index (χ4v) is 4.01. The standard InChI is InChI=1S/C18H11Cl4NO5/c1-28-8-4-2-7(3-5-8)9(6-10(24)25)23-17(26)11-12(18(23)27)14(20)16(22)15(21)13(11)19/h2-5,9H,6H2,1H3,(H,24,25). The minimum atomic E-state index is -1.20. The molecule has 6 nitrogen and oxygen atoms in total. The van der Waals surface area contributed by atoms with E-state index < -0.39 is 30.2 Å². The third-order valence-corrected chi connectivity index (χ3v) is 6.11. The molecule has 0 aromatic heterocycles. The van der Waals surface area contributed by atoms with Crippen molar-refractivity contribution in [2.24, 2.45) is 0 Å². The molecule has 0 spiro atoms. The van der Waals surface area contributed by atoms with Crippen molar-refractivity contribution in [1.82, 2.24) is 4.90 Å². The molecule has 0 fully saturated rings. The van der Waals surface area contributed by atoms with E-state index in [0.717, 1.165) is 4.90 Å². The second-order valence-electron chi connectivity index (χ2n) is 5.87. The maximum absolute atomic E-state index is 13.0. The summed E-state index contributed by atoms with van der Waals surface area (Å²) in [6, 6.07) is 5.23. The highest BCUT2D eigenvalue weighted by Gasteiger charge is 2.45. The number of carboxylic acids is 1. The van der Waals surface area contributed by atoms with Crippen LogP contribution in [0.1, 0.15) is 38.7 Å². The Morgan fingerprint density at radius 3 is 1.82 bits per heavy atom. The second kappa shape index (κ2) is 7.79. The van der Waals surface area contributed by atoms with E-state index in [2.05, 4.69) is 0 Å². The van der Waals surface area contributed by atoms with Crippen LogP contribution in [0.25, 0.3) is 0 Å². The van der Waals surface area contributed by atoms with Gasteiger partial charge in [0.05, 0.1) is 50.8 Å². The van der Waals surface area contributed by atoms with Crippen molar-refractivity contribution in [3.8, 4) is 5.75 Å². The van der Waals surface area contributed by atoms with Gasteiger partial charge in [-0.25, -0.2) is 0 Å². The van der Waals surface area contributed by atoms with Crippen molar-refractivity contribution in [2.75, 3.05) is 7.11 Å². The predicted molar refractivity (Wildman–Crippen MR) is 105 cm³/mol. The SMILES string of the molecule is COc1ccc(C(CC(=O)O)N2C(=O)c3c(Cl)c(Cl)c(Cl)c(Cl)c3C2=O)cc1. The van der Waals surface area contributed by atoms with Crippen LogP contribution in [0.3, 0.4) is 0 Å². The summed E-state index contributed by atoms with van der Waals surface area (Å²) < 4.78 is 5.08. The highest BCUT2D eigenvalue weighted by molar-refractivity contribution is 6.55. The summed E-state index contributed by atoms with van der Waals surface area (Å²) >= 11 is 24.3. The molecule has 0 radical (unpaired) electrons. The van der Waals surface area contributed by atoms with Gasteiger partial charge in [0.2, 0.25) is 0 Å². The summed E-state index contributed by atoms with van der Waals surface area (Å²) in [6.45, 7) is 0. The number of rotatable bonds is 5. The number of imide groups is 1. The number of carbonyl (C=O) groups is 3. The molecule has 146 valence electrons. The monoisotopic (exact) mass is 461 g/mol. The summed E-state index contributed by atoms with van der Waals surface area (Å²) in [5.41, 5.74) is 0.0204. The number of amides is 2. The number of carboxylic acid groups (broad SMARTS) is 1. The summed E-state index contributed by atoms with van der Waals surface area (Å²) in [4.78, 5) is 38.2. The van der Waals surface area contributed by atoms with Crippen LogP contribution in [0.5, 0.6) is 5.75 Å². The molecule has 3 rings (SSSR count). The molecule has 1 N–H and O–H groups in total. The Morgan fingerprint density at radius 1 is 0.964 bits per heavy atom. The lowest BCUT2D eigenvalue weighted by Gasteiger charge is -2.25. The van der Waals surface area contributed by atoms with E-state index in [1.54, 1.807) is 24.3 Å². The highest BCUT2D eigenvalue weighted by Crippen LogP contribution is 2.46. The fourth-order valence-electron chi connectivity index (χ4n) is 3.00. The Hall–Kier alpha value is -1.99. The number of fused-ring (bicyclic) bond motifs is 1. The summed E-state index contributed by atoms with van der Waals surface area (Å²) in [7, 11) is 1.48. The first kappa shape index (κ1) is 20.7. The van der Waals surface area contributed by atoms with Crippen LogP contribution >= 0.6 is 46.4 Å². The molecular weight excluding hydrogens is 452 g/mol. The number of aliphatic carboxylic acids is 1. The Kier molecular flexibility index (Phi) is 5.77. The van der Waals surface area contributed by atoms with Gasteiger partial charge in [-0.05, 0) is 17.7 Å². The molecule has 2 aromatic carbocycles. The minimum absolute atomic E-state index is 0.158. The molecule has 1 aliphatic rings. The molecule has 0 bridgehead atoms. The van der Waals surface area contributed by atoms with Gasteiger partial charge < -0.3 is 9.84 Å². The first-order chi connectivity index (χ1) is 13.2. The molecule has 1 aliphatic heterocycles. The Balaban J connectivity index is 2.15. The van der Waals surface area contributed by atoms with Gasteiger partial charge in [-0.15, -0.1) is 0 Å². The molecule has 0 aliphatic carbocycles. The zero-order valence-electron chi connectivity index (χ0n) is 14.1. The van der Waals surface area contributed by atoms with Gasteiger partial charge in [0, 0.05) is 0 Å². The van der Waals surface area contributed by atoms with Crippen molar-refractivity contribution in [2.45, 2.75) is 12.5 Å². The lowest BCUT2D eigenvalue weighted by molar-refractivity contribution is -0.138. The normalized spacial score (nSPS) is 14.2. The Labute approximate surface area is 179 Å². The van der Waals surface area contributed by atoms with Crippen LogP contribution in [0.2, 0.25) is 20.1 Å². The maximum Gasteiger partial charge on any atom is 0.305 e. The van der Waals surface area contributed by atoms with Crippen molar-refractivity contribution in [1.29, 1.82) is 0 Å². The fraction of sp³-hybridized carbons (Fsp3) is 0.167. The van der Waals surface area contributed by atoms with E-state index in [1.165, 1.54) is 7.11 Å². The van der Waals surface area contributed by atoms with Crippen LogP contribution < -0.4 is 4.74 Å². The number of methoxy groups -OCH3 is 1. The zero-order valence-corrected chi connectivity index (χ0v) is 17.2. The topological polar surface area (TPSA) is 83.9 Å². The van der Waals surface area contributed by atoms with E-state index in [-0.39, 0.29) is 31.2 Å². The van der Waals surface area contributed by atoms with Crippen molar-refractivity contribution >= 4 is 64.2 Å². The summed E-state index contributed by atoms with van der Waals surface area (Å²) in [5, 5.41) is 8.58. The third-order valence-electron chi connectivity index (χ3n) is 4.31. The second-order valence-corrected chi connectivity index (χ2v) is 7.38. The average molecular weight is 463 g/mol. The molecule has 0 saturated heterocycles. The van der Waals surface area contributed by atoms with E-state index >= 15 is 0 Å². The average Bonchev–Trinajstić information content (AvgIpc) is 2.93. The maximum atomic E-state index is 13.0. The van der Waals surface area contributed by atoms with E-state index in [0.29, 0.717) is 11.3 Å². The number of carbonyl (C=O) groups excluding carboxylic acids is 2. The number of benzene rings is 2. The number of ether oxygens (including phenoxy) is 1. The lowest BCUT2D eigenvalue weighted by atomic mass is 10.0. The van der Waals surface area contributed by atoms with Crippen molar-refractivity contribution in [3.05, 3.63) is 61.0 Å². The van der Waals surface area contributed by atoms with Crippen LogP contribution in [0.15, 0.2) is 24.3 Å². The molecule has 0 saturated carbocycles. The number of hydrogen-bond acceptors (Lipinski definition) is 4. The Morgan fingerprint density at radius 2 is 1.43 bits per heavy atom. The van der Waals surface area contributed by atoms with Crippen LogP contribution in [-0.4, -0.2) is 34.9 Å². The largest absolute Gasteiger partial charge is 0.497 e. The van der Waals surface area contributed by atoms with Gasteiger partial charge >= 0.3 is 5.97 Å². The van der Waals surface area contributed by atoms with Crippen LogP contribution in [-0.2, 0) is 4.79 Å². The zero-order chi connectivity index (χ0) is 20.7. The molecule has 28 heavy (non-hydrogen) atoms. The predicted octanol–water partition coefficient (Wildman–Crippen LogP) is 5.12. The van der Waals surface area contributed by atoms with Gasteiger partial charge in [0.15, 0.2) is 0 Å². The Bertz CT molecular complexity index is 959. The van der Waals surface area contributed by atoms with E-state index in [9.17, 15) is 19.5 Å². The number of nitrogens with zero attached hydrogens (tertiary/aromatic N) is 1.